The average molecular weight is 568 g/mol. The van der Waals surface area contributed by atoms with E-state index in [1.807, 2.05) is 50.2 Å². The van der Waals surface area contributed by atoms with Gasteiger partial charge in [-0.2, -0.15) is 0 Å². The minimum absolute atomic E-state index is 0.0562. The molecule has 0 aliphatic carbocycles. The van der Waals surface area contributed by atoms with E-state index in [1.165, 1.54) is 57.8 Å². The van der Waals surface area contributed by atoms with Crippen LogP contribution in [0.3, 0.4) is 0 Å². The standard InChI is InChI=1S/C34H54BNO5/c1-4-5-6-7-8-9-10-11-12-19-24-36-25-33(27-38-29(2)31-20-15-13-16-21-31)40-35(37)41-34(26-36)28-39-30(3)32-22-17-14-18-23-32/h13-18,20-23,29-30,33-34,37H,4-12,19,24-28H2,1-3H3. The molecule has 6 nitrogen and oxygen atoms in total. The van der Waals surface area contributed by atoms with E-state index >= 15 is 0 Å². The van der Waals surface area contributed by atoms with Crippen LogP contribution in [0.15, 0.2) is 60.7 Å². The number of unbranched alkanes of at least 4 members (excludes halogenated alkanes) is 9. The molecule has 1 aliphatic heterocycles. The molecule has 41 heavy (non-hydrogen) atoms. The van der Waals surface area contributed by atoms with Gasteiger partial charge < -0.3 is 23.8 Å². The van der Waals surface area contributed by atoms with Gasteiger partial charge in [0.15, 0.2) is 0 Å². The smallest absolute Gasteiger partial charge is 0.402 e. The Kier molecular flexibility index (Phi) is 16.7. The van der Waals surface area contributed by atoms with E-state index in [-0.39, 0.29) is 24.4 Å². The Hall–Kier alpha value is -1.74. The maximum absolute atomic E-state index is 10.6. The molecule has 1 heterocycles. The first-order valence-corrected chi connectivity index (χ1v) is 16.1. The van der Waals surface area contributed by atoms with Crippen LogP contribution in [0.25, 0.3) is 0 Å². The highest BCUT2D eigenvalue weighted by Gasteiger charge is 2.32. The Morgan fingerprint density at radius 1 is 0.707 bits per heavy atom. The van der Waals surface area contributed by atoms with Crippen molar-refractivity contribution in [3.63, 3.8) is 0 Å². The first kappa shape index (κ1) is 33.8. The molecule has 1 saturated heterocycles. The molecule has 0 bridgehead atoms. The fraction of sp³-hybridized carbons (Fsp3) is 0.647. The van der Waals surface area contributed by atoms with Crippen LogP contribution in [0.4, 0.5) is 0 Å². The molecule has 228 valence electrons. The fourth-order valence-electron chi connectivity index (χ4n) is 5.43. The van der Waals surface area contributed by atoms with Crippen LogP contribution in [0.1, 0.15) is 108 Å². The van der Waals surface area contributed by atoms with E-state index < -0.39 is 7.32 Å². The van der Waals surface area contributed by atoms with Crippen molar-refractivity contribution in [2.45, 2.75) is 109 Å². The number of rotatable bonds is 19. The van der Waals surface area contributed by atoms with Gasteiger partial charge in [0.25, 0.3) is 0 Å². The molecule has 4 atom stereocenters. The van der Waals surface area contributed by atoms with Gasteiger partial charge in [0.2, 0.25) is 0 Å². The summed E-state index contributed by atoms with van der Waals surface area (Å²) in [5, 5.41) is 10.6. The summed E-state index contributed by atoms with van der Waals surface area (Å²) in [5.74, 6) is 0. The van der Waals surface area contributed by atoms with Crippen molar-refractivity contribution < 1.29 is 23.8 Å². The van der Waals surface area contributed by atoms with Crippen LogP contribution in [0.2, 0.25) is 0 Å². The molecular weight excluding hydrogens is 513 g/mol. The van der Waals surface area contributed by atoms with Crippen molar-refractivity contribution in [3.8, 4) is 0 Å². The second-order valence-electron chi connectivity index (χ2n) is 11.5. The van der Waals surface area contributed by atoms with Crippen LogP contribution in [-0.2, 0) is 18.8 Å². The van der Waals surface area contributed by atoms with Crippen LogP contribution >= 0.6 is 0 Å². The summed E-state index contributed by atoms with van der Waals surface area (Å²) in [7, 11) is -1.31. The predicted molar refractivity (Wildman–Crippen MR) is 168 cm³/mol. The van der Waals surface area contributed by atoms with E-state index in [1.54, 1.807) is 0 Å². The minimum atomic E-state index is -1.31. The number of hydrogen-bond acceptors (Lipinski definition) is 6. The highest BCUT2D eigenvalue weighted by Crippen LogP contribution is 2.20. The van der Waals surface area contributed by atoms with Crippen molar-refractivity contribution in [2.24, 2.45) is 0 Å². The Labute approximate surface area is 249 Å². The van der Waals surface area contributed by atoms with Crippen molar-refractivity contribution in [3.05, 3.63) is 71.8 Å². The Morgan fingerprint density at radius 2 is 1.12 bits per heavy atom. The normalized spacial score (nSPS) is 20.0. The van der Waals surface area contributed by atoms with Crippen molar-refractivity contribution in [1.29, 1.82) is 0 Å². The van der Waals surface area contributed by atoms with Gasteiger partial charge in [0.05, 0.1) is 37.6 Å². The van der Waals surface area contributed by atoms with Crippen molar-refractivity contribution >= 4 is 7.32 Å². The number of benzene rings is 2. The van der Waals surface area contributed by atoms with Gasteiger partial charge in [0, 0.05) is 13.1 Å². The largest absolute Gasteiger partial charge is 0.637 e. The second-order valence-corrected chi connectivity index (χ2v) is 11.5. The van der Waals surface area contributed by atoms with Gasteiger partial charge in [-0.25, -0.2) is 0 Å². The van der Waals surface area contributed by atoms with Crippen molar-refractivity contribution in [2.75, 3.05) is 32.8 Å². The summed E-state index contributed by atoms with van der Waals surface area (Å²) < 4.78 is 24.2. The zero-order valence-electron chi connectivity index (χ0n) is 25.8. The molecule has 1 N–H and O–H groups in total. The molecule has 0 amide bonds. The average Bonchev–Trinajstić information content (AvgIpc) is 2.99. The first-order chi connectivity index (χ1) is 20.0. The van der Waals surface area contributed by atoms with Gasteiger partial charge in [-0.05, 0) is 37.9 Å². The molecule has 2 aromatic rings. The molecule has 0 spiro atoms. The molecule has 7 heteroatoms. The summed E-state index contributed by atoms with van der Waals surface area (Å²) in [6.07, 6.45) is 12.5. The summed E-state index contributed by atoms with van der Waals surface area (Å²) in [5.41, 5.74) is 2.25. The summed E-state index contributed by atoms with van der Waals surface area (Å²) >= 11 is 0. The SMILES string of the molecule is CCCCCCCCCCCCN1CC(COC(C)c2ccccc2)OB(O)OC(COC(C)c2ccccc2)C1. The molecule has 0 aromatic heterocycles. The molecule has 4 unspecified atom stereocenters. The predicted octanol–water partition coefficient (Wildman–Crippen LogP) is 7.53. The molecule has 1 fully saturated rings. The number of nitrogens with zero attached hydrogens (tertiary/aromatic N) is 1. The summed E-state index contributed by atoms with van der Waals surface area (Å²) in [6, 6.07) is 20.4. The monoisotopic (exact) mass is 567 g/mol. The topological polar surface area (TPSA) is 60.4 Å². The van der Waals surface area contributed by atoms with Crippen LogP contribution < -0.4 is 0 Å². The molecule has 0 saturated carbocycles. The lowest BCUT2D eigenvalue weighted by Crippen LogP contribution is -2.50. The van der Waals surface area contributed by atoms with Gasteiger partial charge in [-0.15, -0.1) is 0 Å². The summed E-state index contributed by atoms with van der Waals surface area (Å²) in [4.78, 5) is 2.40. The molecule has 3 rings (SSSR count). The maximum atomic E-state index is 10.6. The van der Waals surface area contributed by atoms with E-state index in [2.05, 4.69) is 36.1 Å². The lowest BCUT2D eigenvalue weighted by molar-refractivity contribution is -0.0746. The molecular formula is C34H54BNO5. The van der Waals surface area contributed by atoms with Gasteiger partial charge >= 0.3 is 7.32 Å². The lowest BCUT2D eigenvalue weighted by Gasteiger charge is -2.35. The highest BCUT2D eigenvalue weighted by molar-refractivity contribution is 6.34. The first-order valence-electron chi connectivity index (χ1n) is 16.1. The van der Waals surface area contributed by atoms with E-state index in [9.17, 15) is 5.02 Å². The van der Waals surface area contributed by atoms with E-state index in [0.717, 1.165) is 24.1 Å². The quantitative estimate of drug-likeness (QED) is 0.140. The second kappa shape index (κ2) is 20.2. The molecule has 1 aliphatic rings. The number of ether oxygens (including phenoxy) is 2. The molecule has 2 aromatic carbocycles. The van der Waals surface area contributed by atoms with E-state index in [4.69, 9.17) is 18.8 Å². The Bertz CT molecular complexity index is 843. The fourth-order valence-corrected chi connectivity index (χ4v) is 5.43. The number of hydrogen-bond donors (Lipinski definition) is 1. The van der Waals surface area contributed by atoms with Crippen LogP contribution in [-0.4, -0.2) is 62.3 Å². The Morgan fingerprint density at radius 3 is 1.56 bits per heavy atom. The Balaban J connectivity index is 1.49. The third-order valence-electron chi connectivity index (χ3n) is 7.97. The maximum Gasteiger partial charge on any atom is 0.637 e. The van der Waals surface area contributed by atoms with E-state index in [0.29, 0.717) is 26.3 Å². The van der Waals surface area contributed by atoms with Crippen LogP contribution in [0.5, 0.6) is 0 Å². The highest BCUT2D eigenvalue weighted by atomic mass is 16.7. The zero-order valence-corrected chi connectivity index (χ0v) is 25.8. The van der Waals surface area contributed by atoms with Crippen molar-refractivity contribution in [1.82, 2.24) is 4.90 Å². The minimum Gasteiger partial charge on any atom is -0.402 e. The van der Waals surface area contributed by atoms with Gasteiger partial charge in [-0.3, -0.25) is 4.90 Å². The van der Waals surface area contributed by atoms with Crippen LogP contribution in [0, 0.1) is 0 Å². The third kappa shape index (κ3) is 13.9. The zero-order chi connectivity index (χ0) is 29.1. The lowest BCUT2D eigenvalue weighted by atomic mass is 10.1. The van der Waals surface area contributed by atoms with Gasteiger partial charge in [0.1, 0.15) is 0 Å². The third-order valence-corrected chi connectivity index (χ3v) is 7.97. The van der Waals surface area contributed by atoms with Gasteiger partial charge in [-0.1, -0.05) is 125 Å². The summed E-state index contributed by atoms with van der Waals surface area (Å²) in [6.45, 7) is 9.48. The molecule has 0 radical (unpaired) electrons.